The summed E-state index contributed by atoms with van der Waals surface area (Å²) in [7, 11) is 3.84. The normalized spacial score (nSPS) is 27.1. The van der Waals surface area contributed by atoms with Crippen LogP contribution in [0.2, 0.25) is 0 Å². The topological polar surface area (TPSA) is 58.0 Å². The zero-order valence-electron chi connectivity index (χ0n) is 23.6. The molecule has 3 fully saturated rings. The Morgan fingerprint density at radius 3 is 2.42 bits per heavy atom. The fraction of sp³-hybridized carbons (Fsp3) is 0.667. The number of carbonyl (C=O) groups excluding carboxylic acids is 1. The van der Waals surface area contributed by atoms with E-state index in [4.69, 9.17) is 4.74 Å². The largest absolute Gasteiger partial charge is 0.391 e. The number of carbonyl (C=O) groups is 1. The monoisotopic (exact) mass is 562 g/mol. The average molecular weight is 563 g/mol. The Morgan fingerprint density at radius 2 is 1.77 bits per heavy atom. The minimum atomic E-state index is -4.23. The van der Waals surface area contributed by atoms with Crippen LogP contribution in [0, 0.1) is 11.8 Å². The first-order chi connectivity index (χ1) is 19.1. The Kier molecular flexibility index (Phi) is 8.59. The average Bonchev–Trinajstić information content (AvgIpc) is 2.95. The highest BCUT2D eigenvalue weighted by Crippen LogP contribution is 2.40. The number of piperazine rings is 1. The standard InChI is InChI=1S/C30H41F3N4O3/c1-34-13-15-37(16-14-34)29(12-5-17-40-21-29)20-36(28(39)22-8-10-25(11-9-22)30(31,32)33)19-24-18-23-6-3-4-7-26(23)35(2)27(24)38/h3-4,6-7,18,22,25H,5,8-17,19-21H2,1-2H3. The van der Waals surface area contributed by atoms with Gasteiger partial charge in [-0.25, -0.2) is 0 Å². The van der Waals surface area contributed by atoms with Crippen molar-refractivity contribution in [3.05, 3.63) is 46.2 Å². The highest BCUT2D eigenvalue weighted by molar-refractivity contribution is 5.81. The van der Waals surface area contributed by atoms with Crippen molar-refractivity contribution in [3.8, 4) is 0 Å². The van der Waals surface area contributed by atoms with Crippen LogP contribution in [0.5, 0.6) is 0 Å². The second kappa shape index (κ2) is 11.8. The van der Waals surface area contributed by atoms with Crippen molar-refractivity contribution in [1.29, 1.82) is 0 Å². The first-order valence-corrected chi connectivity index (χ1v) is 14.5. The van der Waals surface area contributed by atoms with Crippen molar-refractivity contribution in [3.63, 3.8) is 0 Å². The van der Waals surface area contributed by atoms with E-state index in [2.05, 4.69) is 16.8 Å². The molecule has 5 rings (SSSR count). The molecule has 2 aliphatic heterocycles. The minimum Gasteiger partial charge on any atom is -0.379 e. The third-order valence-electron chi connectivity index (χ3n) is 9.38. The van der Waals surface area contributed by atoms with Crippen LogP contribution in [0.4, 0.5) is 13.2 Å². The van der Waals surface area contributed by atoms with E-state index in [1.165, 1.54) is 0 Å². The number of hydrogen-bond donors (Lipinski definition) is 0. The molecule has 7 nitrogen and oxygen atoms in total. The minimum absolute atomic E-state index is 0.0296. The van der Waals surface area contributed by atoms with Gasteiger partial charge < -0.3 is 19.1 Å². The van der Waals surface area contributed by atoms with E-state index >= 15 is 0 Å². The van der Waals surface area contributed by atoms with Crippen LogP contribution in [0.1, 0.15) is 44.1 Å². The van der Waals surface area contributed by atoms with Crippen LogP contribution in [0.25, 0.3) is 10.9 Å². The summed E-state index contributed by atoms with van der Waals surface area (Å²) in [5.41, 5.74) is 0.782. The first-order valence-electron chi connectivity index (χ1n) is 14.5. The Morgan fingerprint density at radius 1 is 1.07 bits per heavy atom. The number of halogens is 3. The maximum atomic E-state index is 14.1. The zero-order valence-corrected chi connectivity index (χ0v) is 23.6. The molecule has 1 aliphatic carbocycles. The van der Waals surface area contributed by atoms with Crippen molar-refractivity contribution < 1.29 is 22.7 Å². The third-order valence-corrected chi connectivity index (χ3v) is 9.38. The highest BCUT2D eigenvalue weighted by Gasteiger charge is 2.46. The van der Waals surface area contributed by atoms with E-state index in [-0.39, 0.29) is 49.2 Å². The summed E-state index contributed by atoms with van der Waals surface area (Å²) in [5.74, 6) is -1.96. The lowest BCUT2D eigenvalue weighted by Gasteiger charge is -2.51. The van der Waals surface area contributed by atoms with Gasteiger partial charge in [0.05, 0.1) is 30.1 Å². The lowest BCUT2D eigenvalue weighted by Crippen LogP contribution is -2.64. The van der Waals surface area contributed by atoms with Crippen molar-refractivity contribution >= 4 is 16.8 Å². The fourth-order valence-corrected chi connectivity index (χ4v) is 6.89. The summed E-state index contributed by atoms with van der Waals surface area (Å²) < 4.78 is 47.7. The van der Waals surface area contributed by atoms with Gasteiger partial charge in [-0.15, -0.1) is 0 Å². The molecule has 40 heavy (non-hydrogen) atoms. The number of likely N-dealkylation sites (N-methyl/N-ethyl adjacent to an activating group) is 1. The summed E-state index contributed by atoms with van der Waals surface area (Å²) in [6.07, 6.45) is -2.10. The van der Waals surface area contributed by atoms with E-state index in [1.807, 2.05) is 30.3 Å². The van der Waals surface area contributed by atoms with E-state index in [9.17, 15) is 22.8 Å². The smallest absolute Gasteiger partial charge is 0.379 e. The van der Waals surface area contributed by atoms with Crippen LogP contribution >= 0.6 is 0 Å². The van der Waals surface area contributed by atoms with E-state index in [1.54, 1.807) is 16.5 Å². The zero-order chi connectivity index (χ0) is 28.5. The molecule has 0 spiro atoms. The Labute approximate surface area is 233 Å². The van der Waals surface area contributed by atoms with Crippen LogP contribution in [-0.4, -0.2) is 89.9 Å². The van der Waals surface area contributed by atoms with Gasteiger partial charge in [0, 0.05) is 57.9 Å². The molecule has 2 aromatic rings. The van der Waals surface area contributed by atoms with E-state index in [0.29, 0.717) is 25.3 Å². The Bertz CT molecular complexity index is 1240. The van der Waals surface area contributed by atoms with Crippen molar-refractivity contribution in [1.82, 2.24) is 19.3 Å². The summed E-state index contributed by atoms with van der Waals surface area (Å²) in [5, 5.41) is 0.910. The molecule has 1 unspecified atom stereocenters. The number of para-hydroxylation sites is 1. The molecule has 1 atom stereocenters. The number of amides is 1. The molecular weight excluding hydrogens is 521 g/mol. The van der Waals surface area contributed by atoms with Gasteiger partial charge >= 0.3 is 6.18 Å². The Balaban J connectivity index is 1.46. The fourth-order valence-electron chi connectivity index (χ4n) is 6.89. The highest BCUT2D eigenvalue weighted by atomic mass is 19.4. The van der Waals surface area contributed by atoms with Crippen LogP contribution < -0.4 is 5.56 Å². The summed E-state index contributed by atoms with van der Waals surface area (Å²) in [4.78, 5) is 34.1. The maximum Gasteiger partial charge on any atom is 0.391 e. The second-order valence-electron chi connectivity index (χ2n) is 12.0. The van der Waals surface area contributed by atoms with Crippen LogP contribution in [-0.2, 0) is 23.1 Å². The maximum absolute atomic E-state index is 14.1. The number of ether oxygens (including phenoxy) is 1. The molecule has 1 aromatic carbocycles. The van der Waals surface area contributed by atoms with Gasteiger partial charge in [-0.3, -0.25) is 14.5 Å². The lowest BCUT2D eigenvalue weighted by molar-refractivity contribution is -0.185. The quantitative estimate of drug-likeness (QED) is 0.532. The van der Waals surface area contributed by atoms with Gasteiger partial charge in [0.25, 0.3) is 5.56 Å². The second-order valence-corrected chi connectivity index (χ2v) is 12.0. The molecule has 220 valence electrons. The number of benzene rings is 1. The van der Waals surface area contributed by atoms with Gasteiger partial charge in [0.15, 0.2) is 0 Å². The summed E-state index contributed by atoms with van der Waals surface area (Å²) >= 11 is 0. The molecule has 3 heterocycles. The van der Waals surface area contributed by atoms with Crippen molar-refractivity contribution in [2.75, 3.05) is 53.0 Å². The summed E-state index contributed by atoms with van der Waals surface area (Å²) in [6, 6.07) is 9.50. The SMILES string of the molecule is CN1CCN(C2(CN(Cc3cc4ccccc4n(C)c3=O)C(=O)C3CCC(C(F)(F)F)CC3)CCCOC2)CC1. The van der Waals surface area contributed by atoms with E-state index < -0.39 is 18.0 Å². The van der Waals surface area contributed by atoms with Crippen LogP contribution in [0.3, 0.4) is 0 Å². The molecule has 0 N–H and O–H groups in total. The predicted molar refractivity (Wildman–Crippen MR) is 148 cm³/mol. The summed E-state index contributed by atoms with van der Waals surface area (Å²) in [6.45, 7) is 5.25. The van der Waals surface area contributed by atoms with Gasteiger partial charge in [0.1, 0.15) is 0 Å². The molecule has 1 amide bonds. The molecule has 0 bridgehead atoms. The number of fused-ring (bicyclic) bond motifs is 1. The molecule has 10 heteroatoms. The third kappa shape index (κ3) is 6.09. The van der Waals surface area contributed by atoms with E-state index in [0.717, 1.165) is 49.9 Å². The predicted octanol–water partition coefficient (Wildman–Crippen LogP) is 4.03. The number of aromatic nitrogens is 1. The first kappa shape index (κ1) is 29.1. The van der Waals surface area contributed by atoms with Gasteiger partial charge in [-0.1, -0.05) is 18.2 Å². The van der Waals surface area contributed by atoms with Crippen molar-refractivity contribution in [2.24, 2.45) is 18.9 Å². The number of alkyl halides is 3. The molecule has 1 saturated carbocycles. The number of hydrogen-bond acceptors (Lipinski definition) is 5. The molecular formula is C30H41F3N4O3. The molecule has 0 radical (unpaired) electrons. The van der Waals surface area contributed by atoms with Gasteiger partial charge in [-0.2, -0.15) is 13.2 Å². The lowest BCUT2D eigenvalue weighted by atomic mass is 9.80. The number of nitrogens with zero attached hydrogens (tertiary/aromatic N) is 4. The molecule has 2 saturated heterocycles. The number of aryl methyl sites for hydroxylation is 1. The van der Waals surface area contributed by atoms with Gasteiger partial charge in [0.2, 0.25) is 5.91 Å². The molecule has 3 aliphatic rings. The molecule has 1 aromatic heterocycles. The van der Waals surface area contributed by atoms with Gasteiger partial charge in [-0.05, 0) is 63.1 Å². The Hall–Kier alpha value is -2.43. The van der Waals surface area contributed by atoms with Crippen molar-refractivity contribution in [2.45, 2.75) is 56.8 Å². The number of pyridine rings is 1. The van der Waals surface area contributed by atoms with Crippen LogP contribution in [0.15, 0.2) is 35.1 Å². The number of rotatable bonds is 6.